The first-order valence-corrected chi connectivity index (χ1v) is 11.5. The lowest BCUT2D eigenvalue weighted by Crippen LogP contribution is -2.25. The molecule has 0 saturated carbocycles. The van der Waals surface area contributed by atoms with E-state index in [-0.39, 0.29) is 23.3 Å². The lowest BCUT2D eigenvalue weighted by molar-refractivity contribution is -0.123. The first kappa shape index (κ1) is 26.2. The van der Waals surface area contributed by atoms with Gasteiger partial charge in [0.2, 0.25) is 0 Å². The Morgan fingerprint density at radius 2 is 1.55 bits per heavy atom. The molecule has 2 rings (SSSR count). The SMILES string of the molecule is CCOc1ccc(/C=N/NC(=O)COc2ccc(C(C)(C)CC(C)(C)C)cc2)cc1OCC. The third kappa shape index (κ3) is 8.79. The van der Waals surface area contributed by atoms with Crippen molar-refractivity contribution >= 4 is 12.1 Å². The van der Waals surface area contributed by atoms with Crippen LogP contribution in [0, 0.1) is 5.41 Å². The van der Waals surface area contributed by atoms with E-state index in [4.69, 9.17) is 14.2 Å². The fourth-order valence-corrected chi connectivity index (χ4v) is 3.94. The predicted molar refractivity (Wildman–Crippen MR) is 134 cm³/mol. The zero-order chi connectivity index (χ0) is 24.5. The van der Waals surface area contributed by atoms with Crippen LogP contribution in [-0.2, 0) is 10.2 Å². The van der Waals surface area contributed by atoms with E-state index in [1.807, 2.05) is 44.2 Å². The van der Waals surface area contributed by atoms with Gasteiger partial charge in [0.1, 0.15) is 5.75 Å². The van der Waals surface area contributed by atoms with Gasteiger partial charge in [0.25, 0.3) is 5.91 Å². The molecule has 180 valence electrons. The summed E-state index contributed by atoms with van der Waals surface area (Å²) in [4.78, 5) is 12.1. The number of nitrogens with zero attached hydrogens (tertiary/aromatic N) is 1. The summed E-state index contributed by atoms with van der Waals surface area (Å²) in [5.41, 5.74) is 4.83. The second kappa shape index (κ2) is 11.7. The van der Waals surface area contributed by atoms with Gasteiger partial charge in [0.05, 0.1) is 19.4 Å². The molecule has 33 heavy (non-hydrogen) atoms. The molecule has 0 aliphatic heterocycles. The number of carbonyl (C=O) groups is 1. The minimum absolute atomic E-state index is 0.0613. The maximum atomic E-state index is 12.1. The largest absolute Gasteiger partial charge is 0.490 e. The Kier molecular flexibility index (Phi) is 9.32. The predicted octanol–water partition coefficient (Wildman–Crippen LogP) is 5.73. The van der Waals surface area contributed by atoms with Crippen molar-refractivity contribution in [1.29, 1.82) is 0 Å². The van der Waals surface area contributed by atoms with Gasteiger partial charge in [-0.2, -0.15) is 5.10 Å². The van der Waals surface area contributed by atoms with Crippen molar-refractivity contribution in [2.75, 3.05) is 19.8 Å². The summed E-state index contributed by atoms with van der Waals surface area (Å²) < 4.78 is 16.8. The summed E-state index contributed by atoms with van der Waals surface area (Å²) in [6.45, 7) is 16.1. The van der Waals surface area contributed by atoms with Crippen LogP contribution in [0.25, 0.3) is 0 Å². The molecule has 0 bridgehead atoms. The highest BCUT2D eigenvalue weighted by atomic mass is 16.5. The van der Waals surface area contributed by atoms with E-state index in [1.54, 1.807) is 6.21 Å². The number of hydrazone groups is 1. The highest BCUT2D eigenvalue weighted by Gasteiger charge is 2.27. The molecule has 0 aliphatic rings. The molecule has 0 radical (unpaired) electrons. The van der Waals surface area contributed by atoms with Gasteiger partial charge >= 0.3 is 0 Å². The fraction of sp³-hybridized carbons (Fsp3) is 0.481. The van der Waals surface area contributed by atoms with Crippen LogP contribution in [0.1, 0.15) is 66.0 Å². The van der Waals surface area contributed by atoms with E-state index >= 15 is 0 Å². The van der Waals surface area contributed by atoms with Crippen LogP contribution >= 0.6 is 0 Å². The molecule has 0 saturated heterocycles. The zero-order valence-electron chi connectivity index (χ0n) is 21.0. The van der Waals surface area contributed by atoms with Crippen LogP contribution in [0.2, 0.25) is 0 Å². The lowest BCUT2D eigenvalue weighted by atomic mass is 9.72. The van der Waals surface area contributed by atoms with Gasteiger partial charge in [-0.25, -0.2) is 5.43 Å². The molecule has 0 unspecified atom stereocenters. The van der Waals surface area contributed by atoms with Gasteiger partial charge in [-0.05, 0) is 72.6 Å². The van der Waals surface area contributed by atoms with Crippen LogP contribution in [0.3, 0.4) is 0 Å². The Labute approximate surface area is 198 Å². The number of hydrogen-bond donors (Lipinski definition) is 1. The molecular formula is C27H38N2O4. The summed E-state index contributed by atoms with van der Waals surface area (Å²) in [7, 11) is 0. The highest BCUT2D eigenvalue weighted by Crippen LogP contribution is 2.36. The third-order valence-electron chi connectivity index (χ3n) is 4.95. The van der Waals surface area contributed by atoms with Gasteiger partial charge in [0.15, 0.2) is 18.1 Å². The van der Waals surface area contributed by atoms with Gasteiger partial charge in [-0.15, -0.1) is 0 Å². The summed E-state index contributed by atoms with van der Waals surface area (Å²) in [5.74, 6) is 1.64. The van der Waals surface area contributed by atoms with Gasteiger partial charge in [-0.1, -0.05) is 46.8 Å². The van der Waals surface area contributed by atoms with Crippen LogP contribution in [0.4, 0.5) is 0 Å². The average Bonchev–Trinajstić information content (AvgIpc) is 2.73. The first-order valence-electron chi connectivity index (χ1n) is 11.5. The molecule has 0 spiro atoms. The molecule has 2 aromatic carbocycles. The zero-order valence-corrected chi connectivity index (χ0v) is 21.0. The van der Waals surface area contributed by atoms with Crippen LogP contribution in [0.15, 0.2) is 47.6 Å². The summed E-state index contributed by atoms with van der Waals surface area (Å²) in [5, 5.41) is 4.01. The molecule has 0 aromatic heterocycles. The summed E-state index contributed by atoms with van der Waals surface area (Å²) in [6, 6.07) is 13.5. The van der Waals surface area contributed by atoms with Crippen LogP contribution in [0.5, 0.6) is 17.2 Å². The van der Waals surface area contributed by atoms with Crippen molar-refractivity contribution in [3.05, 3.63) is 53.6 Å². The maximum Gasteiger partial charge on any atom is 0.277 e. The van der Waals surface area contributed by atoms with Gasteiger partial charge in [-0.3, -0.25) is 4.79 Å². The number of nitrogens with one attached hydrogen (secondary N) is 1. The Morgan fingerprint density at radius 3 is 2.15 bits per heavy atom. The monoisotopic (exact) mass is 454 g/mol. The molecule has 1 amide bonds. The van der Waals surface area contributed by atoms with Crippen molar-refractivity contribution in [1.82, 2.24) is 5.43 Å². The maximum absolute atomic E-state index is 12.1. The van der Waals surface area contributed by atoms with Crippen molar-refractivity contribution in [3.8, 4) is 17.2 Å². The topological polar surface area (TPSA) is 69.2 Å². The normalized spacial score (nSPS) is 12.0. The molecule has 0 fully saturated rings. The fourth-order valence-electron chi connectivity index (χ4n) is 3.94. The number of hydrogen-bond acceptors (Lipinski definition) is 5. The Morgan fingerprint density at radius 1 is 0.909 bits per heavy atom. The van der Waals surface area contributed by atoms with E-state index in [9.17, 15) is 4.79 Å². The summed E-state index contributed by atoms with van der Waals surface area (Å²) in [6.07, 6.45) is 2.63. The van der Waals surface area contributed by atoms with Crippen molar-refractivity contribution in [2.24, 2.45) is 10.5 Å². The van der Waals surface area contributed by atoms with Crippen molar-refractivity contribution < 1.29 is 19.0 Å². The van der Waals surface area contributed by atoms with Crippen molar-refractivity contribution in [3.63, 3.8) is 0 Å². The molecule has 0 atom stereocenters. The molecule has 0 aliphatic carbocycles. The number of ether oxygens (including phenoxy) is 3. The third-order valence-corrected chi connectivity index (χ3v) is 4.95. The molecule has 2 aromatic rings. The number of rotatable bonds is 11. The number of amides is 1. The lowest BCUT2D eigenvalue weighted by Gasteiger charge is -2.33. The first-order chi connectivity index (χ1) is 15.5. The van der Waals surface area contributed by atoms with E-state index in [0.29, 0.717) is 30.5 Å². The number of benzene rings is 2. The smallest absolute Gasteiger partial charge is 0.277 e. The number of carbonyl (C=O) groups excluding carboxylic acids is 1. The average molecular weight is 455 g/mol. The molecule has 1 N–H and O–H groups in total. The van der Waals surface area contributed by atoms with Gasteiger partial charge in [0, 0.05) is 0 Å². The van der Waals surface area contributed by atoms with Crippen LogP contribution in [-0.4, -0.2) is 31.9 Å². The van der Waals surface area contributed by atoms with Crippen LogP contribution < -0.4 is 19.6 Å². The second-order valence-electron chi connectivity index (χ2n) is 9.80. The van der Waals surface area contributed by atoms with Crippen molar-refractivity contribution in [2.45, 2.75) is 60.3 Å². The Bertz CT molecular complexity index is 928. The minimum Gasteiger partial charge on any atom is -0.490 e. The molecular weight excluding hydrogens is 416 g/mol. The van der Waals surface area contributed by atoms with E-state index < -0.39 is 0 Å². The van der Waals surface area contributed by atoms with E-state index in [0.717, 1.165) is 12.0 Å². The highest BCUT2D eigenvalue weighted by molar-refractivity contribution is 5.83. The Balaban J connectivity index is 1.88. The molecule has 6 heteroatoms. The standard InChI is InChI=1S/C27H38N2O4/c1-8-31-23-15-10-20(16-24(23)32-9-2)17-28-29-25(30)18-33-22-13-11-21(12-14-22)27(6,7)19-26(3,4)5/h10-17H,8-9,18-19H2,1-7H3,(H,29,30)/b28-17+. The summed E-state index contributed by atoms with van der Waals surface area (Å²) >= 11 is 0. The molecule has 0 heterocycles. The second-order valence-corrected chi connectivity index (χ2v) is 9.80. The van der Waals surface area contributed by atoms with Gasteiger partial charge < -0.3 is 14.2 Å². The Hall–Kier alpha value is -3.02. The minimum atomic E-state index is -0.334. The van der Waals surface area contributed by atoms with E-state index in [1.165, 1.54) is 5.56 Å². The van der Waals surface area contributed by atoms with E-state index in [2.05, 4.69) is 57.3 Å². The quantitative estimate of drug-likeness (QED) is 0.348. The molecule has 6 nitrogen and oxygen atoms in total.